The molecule has 1 N–H and O–H groups in total. The zero-order valence-electron chi connectivity index (χ0n) is 13.7. The molecule has 0 heterocycles. The molecule has 7 nitrogen and oxygen atoms in total. The Bertz CT molecular complexity index is 874. The molecule has 2 rings (SSSR count). The highest BCUT2D eigenvalue weighted by molar-refractivity contribution is 6.31. The smallest absolute Gasteiger partial charge is 0.417 e. The molecule has 2 aromatic carbocycles. The molecular weight excluding hydrogens is 393 g/mol. The summed E-state index contributed by atoms with van der Waals surface area (Å²) < 4.78 is 48.4. The number of alkyl halides is 3. The van der Waals surface area contributed by atoms with Crippen LogP contribution in [0.2, 0.25) is 5.02 Å². The van der Waals surface area contributed by atoms with Crippen LogP contribution in [-0.2, 0) is 11.0 Å². The molecule has 11 heteroatoms. The zero-order chi connectivity index (χ0) is 20.2. The Morgan fingerprint density at radius 2 is 1.96 bits per heavy atom. The predicted octanol–water partition coefficient (Wildman–Crippen LogP) is 4.29. The Morgan fingerprint density at radius 3 is 2.56 bits per heavy atom. The lowest BCUT2D eigenvalue weighted by Gasteiger charge is -2.12. The van der Waals surface area contributed by atoms with Crippen LogP contribution in [0.25, 0.3) is 0 Å². The number of halogens is 4. The number of anilines is 1. The van der Waals surface area contributed by atoms with Crippen LogP contribution in [0.15, 0.2) is 36.4 Å². The number of rotatable bonds is 6. The minimum absolute atomic E-state index is 0.149. The fourth-order valence-corrected chi connectivity index (χ4v) is 2.27. The van der Waals surface area contributed by atoms with Crippen molar-refractivity contribution in [3.8, 4) is 11.5 Å². The van der Waals surface area contributed by atoms with E-state index in [1.807, 2.05) is 0 Å². The number of nitro benzene ring substituents is 1. The number of methoxy groups -OCH3 is 1. The first-order chi connectivity index (χ1) is 12.6. The number of carbonyl (C=O) groups is 1. The Kier molecular flexibility index (Phi) is 6.11. The van der Waals surface area contributed by atoms with Crippen LogP contribution in [0.5, 0.6) is 11.5 Å². The summed E-state index contributed by atoms with van der Waals surface area (Å²) in [5, 5.41) is 12.7. The first kappa shape index (κ1) is 20.3. The summed E-state index contributed by atoms with van der Waals surface area (Å²) in [5.41, 5.74) is -1.67. The van der Waals surface area contributed by atoms with Crippen molar-refractivity contribution >= 4 is 28.9 Å². The summed E-state index contributed by atoms with van der Waals surface area (Å²) in [6, 6.07) is 6.61. The van der Waals surface area contributed by atoms with E-state index >= 15 is 0 Å². The van der Waals surface area contributed by atoms with E-state index in [4.69, 9.17) is 21.1 Å². The van der Waals surface area contributed by atoms with Crippen LogP contribution in [0.1, 0.15) is 5.56 Å². The van der Waals surface area contributed by atoms with Crippen molar-refractivity contribution in [2.45, 2.75) is 6.18 Å². The van der Waals surface area contributed by atoms with Crippen LogP contribution in [0.3, 0.4) is 0 Å². The second-order valence-corrected chi connectivity index (χ2v) is 5.53. The fraction of sp³-hybridized carbons (Fsp3) is 0.188. The maximum atomic E-state index is 12.8. The van der Waals surface area contributed by atoms with E-state index in [2.05, 4.69) is 5.32 Å². The van der Waals surface area contributed by atoms with Gasteiger partial charge in [0.05, 0.1) is 28.7 Å². The summed E-state index contributed by atoms with van der Waals surface area (Å²) >= 11 is 5.50. The van der Waals surface area contributed by atoms with Gasteiger partial charge in [-0.2, -0.15) is 13.2 Å². The standard InChI is InChI=1S/C16H12ClF3N2O5/c1-26-10-3-5-14(13(7-10)22(24)25)27-8-15(23)21-9-2-4-12(17)11(6-9)16(18,19)20/h2-7H,8H2,1H3,(H,21,23). The number of amides is 1. The molecule has 0 radical (unpaired) electrons. The van der Waals surface area contributed by atoms with Gasteiger partial charge in [0.2, 0.25) is 0 Å². The van der Waals surface area contributed by atoms with Crippen LogP contribution in [0.4, 0.5) is 24.5 Å². The van der Waals surface area contributed by atoms with Gasteiger partial charge in [-0.1, -0.05) is 11.6 Å². The van der Waals surface area contributed by atoms with E-state index in [0.29, 0.717) is 6.07 Å². The quantitative estimate of drug-likeness (QED) is 0.572. The molecule has 0 aromatic heterocycles. The molecule has 0 aliphatic heterocycles. The lowest BCUT2D eigenvalue weighted by molar-refractivity contribution is -0.385. The average molecular weight is 405 g/mol. The third-order valence-electron chi connectivity index (χ3n) is 3.28. The van der Waals surface area contributed by atoms with E-state index < -0.39 is 39.9 Å². The molecule has 0 atom stereocenters. The highest BCUT2D eigenvalue weighted by Gasteiger charge is 2.33. The molecule has 0 fully saturated rings. The molecule has 0 aliphatic carbocycles. The van der Waals surface area contributed by atoms with Crippen molar-refractivity contribution in [2.75, 3.05) is 19.0 Å². The number of nitrogens with one attached hydrogen (secondary N) is 1. The number of nitro groups is 1. The second-order valence-electron chi connectivity index (χ2n) is 5.12. The Hall–Kier alpha value is -3.01. The van der Waals surface area contributed by atoms with Gasteiger partial charge in [0.15, 0.2) is 12.4 Å². The van der Waals surface area contributed by atoms with Crippen LogP contribution >= 0.6 is 11.6 Å². The molecule has 0 spiro atoms. The minimum atomic E-state index is -4.68. The number of nitrogens with zero attached hydrogens (tertiary/aromatic N) is 1. The Labute approximate surface area is 155 Å². The van der Waals surface area contributed by atoms with E-state index in [0.717, 1.165) is 12.1 Å². The molecule has 0 bridgehead atoms. The van der Waals surface area contributed by atoms with Gasteiger partial charge in [0.1, 0.15) is 5.75 Å². The summed E-state index contributed by atoms with van der Waals surface area (Å²) in [5.74, 6) is -0.780. The molecule has 2 aromatic rings. The number of hydrogen-bond donors (Lipinski definition) is 1. The van der Waals surface area contributed by atoms with Gasteiger partial charge in [0, 0.05) is 5.69 Å². The number of ether oxygens (including phenoxy) is 2. The van der Waals surface area contributed by atoms with Gasteiger partial charge in [-0.25, -0.2) is 0 Å². The molecular formula is C16H12ClF3N2O5. The lowest BCUT2D eigenvalue weighted by atomic mass is 10.2. The van der Waals surface area contributed by atoms with Gasteiger partial charge in [-0.05, 0) is 30.3 Å². The number of hydrogen-bond acceptors (Lipinski definition) is 5. The van der Waals surface area contributed by atoms with Gasteiger partial charge >= 0.3 is 11.9 Å². The molecule has 0 saturated heterocycles. The third-order valence-corrected chi connectivity index (χ3v) is 3.61. The van der Waals surface area contributed by atoms with Crippen molar-refractivity contribution < 1.29 is 32.4 Å². The highest BCUT2D eigenvalue weighted by atomic mass is 35.5. The van der Waals surface area contributed by atoms with Crippen molar-refractivity contribution in [2.24, 2.45) is 0 Å². The predicted molar refractivity (Wildman–Crippen MR) is 90.2 cm³/mol. The van der Waals surface area contributed by atoms with Gasteiger partial charge in [-0.15, -0.1) is 0 Å². The molecule has 144 valence electrons. The topological polar surface area (TPSA) is 90.7 Å². The molecule has 0 aliphatic rings. The van der Waals surface area contributed by atoms with E-state index in [9.17, 15) is 28.1 Å². The van der Waals surface area contributed by atoms with Gasteiger partial charge in [-0.3, -0.25) is 14.9 Å². The van der Waals surface area contributed by atoms with E-state index in [1.54, 1.807) is 0 Å². The molecule has 27 heavy (non-hydrogen) atoms. The van der Waals surface area contributed by atoms with Gasteiger partial charge in [0.25, 0.3) is 5.91 Å². The Balaban J connectivity index is 2.08. The van der Waals surface area contributed by atoms with Crippen LogP contribution in [-0.4, -0.2) is 24.5 Å². The number of benzene rings is 2. The first-order valence-electron chi connectivity index (χ1n) is 7.23. The maximum Gasteiger partial charge on any atom is 0.417 e. The summed E-state index contributed by atoms with van der Waals surface area (Å²) in [6.45, 7) is -0.656. The first-order valence-corrected chi connectivity index (χ1v) is 7.61. The largest absolute Gasteiger partial charge is 0.496 e. The Morgan fingerprint density at radius 1 is 1.26 bits per heavy atom. The monoisotopic (exact) mass is 404 g/mol. The van der Waals surface area contributed by atoms with Crippen molar-refractivity contribution in [3.05, 3.63) is 57.1 Å². The molecule has 0 unspecified atom stereocenters. The normalized spacial score (nSPS) is 11.0. The fourth-order valence-electron chi connectivity index (χ4n) is 2.05. The third kappa shape index (κ3) is 5.23. The SMILES string of the molecule is COc1ccc(OCC(=O)Nc2ccc(Cl)c(C(F)(F)F)c2)c([N+](=O)[O-])c1. The van der Waals surface area contributed by atoms with E-state index in [1.165, 1.54) is 25.3 Å². The second kappa shape index (κ2) is 8.12. The van der Waals surface area contributed by atoms with Gasteiger partial charge < -0.3 is 14.8 Å². The van der Waals surface area contributed by atoms with Crippen molar-refractivity contribution in [1.29, 1.82) is 0 Å². The zero-order valence-corrected chi connectivity index (χ0v) is 14.4. The van der Waals surface area contributed by atoms with Crippen molar-refractivity contribution in [3.63, 3.8) is 0 Å². The lowest BCUT2D eigenvalue weighted by Crippen LogP contribution is -2.21. The highest BCUT2D eigenvalue weighted by Crippen LogP contribution is 2.36. The average Bonchev–Trinajstić information content (AvgIpc) is 2.60. The summed E-state index contributed by atoms with van der Waals surface area (Å²) in [4.78, 5) is 22.2. The maximum absolute atomic E-state index is 12.8. The number of carbonyl (C=O) groups excluding carboxylic acids is 1. The molecule has 0 saturated carbocycles. The van der Waals surface area contributed by atoms with E-state index in [-0.39, 0.29) is 17.2 Å². The minimum Gasteiger partial charge on any atom is -0.496 e. The van der Waals surface area contributed by atoms with Crippen molar-refractivity contribution in [1.82, 2.24) is 0 Å². The summed E-state index contributed by atoms with van der Waals surface area (Å²) in [6.07, 6.45) is -4.68. The van der Waals surface area contributed by atoms with Crippen LogP contribution in [0, 0.1) is 10.1 Å². The molecule has 1 amide bonds. The summed E-state index contributed by atoms with van der Waals surface area (Å²) in [7, 11) is 1.33. The van der Waals surface area contributed by atoms with Crippen LogP contribution < -0.4 is 14.8 Å².